The van der Waals surface area contributed by atoms with Crippen molar-refractivity contribution in [2.45, 2.75) is 50.7 Å². The number of fused-ring (bicyclic) bond motifs is 1. The zero-order chi connectivity index (χ0) is 23.8. The molecule has 1 aromatic heterocycles. The molecular weight excluding hydrogens is 428 g/mol. The van der Waals surface area contributed by atoms with Crippen LogP contribution >= 0.6 is 0 Å². The largest absolute Gasteiger partial charge is 0.493 e. The fraction of sp³-hybridized carbons (Fsp3) is 0.478. The molecule has 0 saturated heterocycles. The van der Waals surface area contributed by atoms with E-state index < -0.39 is 17.4 Å². The summed E-state index contributed by atoms with van der Waals surface area (Å²) in [7, 11) is 4.24. The number of hydrogen-bond donors (Lipinski definition) is 1. The van der Waals surface area contributed by atoms with Crippen LogP contribution in [0.5, 0.6) is 11.5 Å². The number of hydrogen-bond acceptors (Lipinski definition) is 7. The van der Waals surface area contributed by atoms with Crippen molar-refractivity contribution in [3.63, 3.8) is 0 Å². The minimum atomic E-state index is -1.28. The first-order valence-electron chi connectivity index (χ1n) is 10.8. The van der Waals surface area contributed by atoms with Crippen LogP contribution in [0, 0.1) is 0 Å². The average molecular weight is 456 g/mol. The Kier molecular flexibility index (Phi) is 6.01. The number of carbonyl (C=O) groups excluding carboxylic acids is 3. The van der Waals surface area contributed by atoms with Crippen LogP contribution in [0.15, 0.2) is 24.5 Å². The second kappa shape index (κ2) is 8.76. The van der Waals surface area contributed by atoms with Crippen molar-refractivity contribution < 1.29 is 28.6 Å². The average Bonchev–Trinajstić information content (AvgIpc) is 3.48. The van der Waals surface area contributed by atoms with E-state index in [2.05, 4.69) is 10.3 Å². The Bertz CT molecular complexity index is 1090. The van der Waals surface area contributed by atoms with E-state index in [4.69, 9.17) is 14.2 Å². The standard InChI is InChI=1S/C23H28N4O6/c1-23(22(30)25-14-7-5-6-8-14)12-26-13-24-18(21(29)33-4)19(26)20(28)27(23)15-9-10-16(31-2)17(11-15)32-3/h9-11,13-14H,5-8,12H2,1-4H3,(H,25,30). The number of amides is 2. The molecule has 176 valence electrons. The Morgan fingerprint density at radius 2 is 1.82 bits per heavy atom. The van der Waals surface area contributed by atoms with Crippen LogP contribution in [0.25, 0.3) is 0 Å². The van der Waals surface area contributed by atoms with Crippen LogP contribution in [0.2, 0.25) is 0 Å². The topological polar surface area (TPSA) is 112 Å². The quantitative estimate of drug-likeness (QED) is 0.663. The third-order valence-electron chi connectivity index (χ3n) is 6.40. The van der Waals surface area contributed by atoms with E-state index in [0.717, 1.165) is 25.7 Å². The molecular formula is C23H28N4O6. The second-order valence-corrected chi connectivity index (χ2v) is 8.47. The van der Waals surface area contributed by atoms with Crippen LogP contribution < -0.4 is 19.7 Å². The lowest BCUT2D eigenvalue weighted by Crippen LogP contribution is -2.65. The van der Waals surface area contributed by atoms with Gasteiger partial charge in [-0.1, -0.05) is 12.8 Å². The van der Waals surface area contributed by atoms with Gasteiger partial charge in [0.05, 0.1) is 34.2 Å². The highest BCUT2D eigenvalue weighted by Crippen LogP contribution is 2.38. The highest BCUT2D eigenvalue weighted by molar-refractivity contribution is 6.15. The van der Waals surface area contributed by atoms with E-state index >= 15 is 0 Å². The second-order valence-electron chi connectivity index (χ2n) is 8.47. The molecule has 4 rings (SSSR count). The molecule has 10 heteroatoms. The van der Waals surface area contributed by atoms with E-state index in [1.54, 1.807) is 29.7 Å². The highest BCUT2D eigenvalue weighted by Gasteiger charge is 2.50. The third-order valence-corrected chi connectivity index (χ3v) is 6.40. The van der Waals surface area contributed by atoms with Crippen molar-refractivity contribution in [2.24, 2.45) is 0 Å². The minimum Gasteiger partial charge on any atom is -0.493 e. The first-order valence-corrected chi connectivity index (χ1v) is 10.8. The molecule has 1 unspecified atom stereocenters. The summed E-state index contributed by atoms with van der Waals surface area (Å²) in [6.07, 6.45) is 5.35. The van der Waals surface area contributed by atoms with Gasteiger partial charge in [0, 0.05) is 17.8 Å². The molecule has 0 spiro atoms. The van der Waals surface area contributed by atoms with Gasteiger partial charge in [-0.3, -0.25) is 14.5 Å². The lowest BCUT2D eigenvalue weighted by Gasteiger charge is -2.44. The van der Waals surface area contributed by atoms with Crippen LogP contribution in [0.4, 0.5) is 5.69 Å². The summed E-state index contributed by atoms with van der Waals surface area (Å²) >= 11 is 0. The lowest BCUT2D eigenvalue weighted by atomic mass is 9.92. The van der Waals surface area contributed by atoms with E-state index in [1.165, 1.54) is 32.6 Å². The van der Waals surface area contributed by atoms with E-state index in [9.17, 15) is 14.4 Å². The third kappa shape index (κ3) is 3.79. The Labute approximate surface area is 191 Å². The minimum absolute atomic E-state index is 0.0720. The first-order chi connectivity index (χ1) is 15.8. The van der Waals surface area contributed by atoms with Crippen molar-refractivity contribution in [2.75, 3.05) is 26.2 Å². The number of methoxy groups -OCH3 is 3. The van der Waals surface area contributed by atoms with Crippen molar-refractivity contribution in [1.29, 1.82) is 0 Å². The number of carbonyl (C=O) groups is 3. The fourth-order valence-corrected chi connectivity index (χ4v) is 4.66. The molecule has 2 heterocycles. The maximum absolute atomic E-state index is 13.8. The van der Waals surface area contributed by atoms with Crippen molar-refractivity contribution in [1.82, 2.24) is 14.9 Å². The summed E-state index contributed by atoms with van der Waals surface area (Å²) < 4.78 is 17.1. The molecule has 1 atom stereocenters. The van der Waals surface area contributed by atoms with Gasteiger partial charge in [0.1, 0.15) is 11.2 Å². The van der Waals surface area contributed by atoms with Crippen LogP contribution in [-0.4, -0.2) is 60.2 Å². The normalized spacial score (nSPS) is 20.4. The molecule has 2 aromatic rings. The van der Waals surface area contributed by atoms with Gasteiger partial charge in [0.25, 0.3) is 5.91 Å². The summed E-state index contributed by atoms with van der Waals surface area (Å²) in [5.74, 6) is -0.618. The van der Waals surface area contributed by atoms with Gasteiger partial charge in [-0.2, -0.15) is 0 Å². The monoisotopic (exact) mass is 456 g/mol. The molecule has 1 fully saturated rings. The summed E-state index contributed by atoms with van der Waals surface area (Å²) in [6, 6.07) is 5.07. The number of nitrogens with zero attached hydrogens (tertiary/aromatic N) is 3. The van der Waals surface area contributed by atoms with Gasteiger partial charge in [-0.05, 0) is 31.9 Å². The molecule has 1 aromatic carbocycles. The molecule has 1 saturated carbocycles. The van der Waals surface area contributed by atoms with E-state index in [0.29, 0.717) is 17.2 Å². The number of benzene rings is 1. The Hall–Kier alpha value is -3.56. The summed E-state index contributed by atoms with van der Waals surface area (Å²) in [6.45, 7) is 1.83. The highest BCUT2D eigenvalue weighted by atomic mass is 16.5. The molecule has 1 N–H and O–H groups in total. The smallest absolute Gasteiger partial charge is 0.359 e. The number of esters is 1. The predicted molar refractivity (Wildman–Crippen MR) is 119 cm³/mol. The van der Waals surface area contributed by atoms with Crippen molar-refractivity contribution >= 4 is 23.5 Å². The Morgan fingerprint density at radius 1 is 1.12 bits per heavy atom. The lowest BCUT2D eigenvalue weighted by molar-refractivity contribution is -0.127. The van der Waals surface area contributed by atoms with Crippen molar-refractivity contribution in [3.05, 3.63) is 35.9 Å². The van der Waals surface area contributed by atoms with Gasteiger partial charge < -0.3 is 24.1 Å². The maximum Gasteiger partial charge on any atom is 0.359 e. The van der Waals surface area contributed by atoms with E-state index in [-0.39, 0.29) is 29.9 Å². The van der Waals surface area contributed by atoms with Crippen LogP contribution in [0.3, 0.4) is 0 Å². The van der Waals surface area contributed by atoms with Gasteiger partial charge in [0.2, 0.25) is 5.91 Å². The van der Waals surface area contributed by atoms with E-state index in [1.807, 2.05) is 0 Å². The van der Waals surface area contributed by atoms with Crippen LogP contribution in [0.1, 0.15) is 53.6 Å². The first kappa shape index (κ1) is 22.6. The molecule has 0 bridgehead atoms. The Balaban J connectivity index is 1.83. The zero-order valence-electron chi connectivity index (χ0n) is 19.2. The Morgan fingerprint density at radius 3 is 2.45 bits per heavy atom. The fourth-order valence-electron chi connectivity index (χ4n) is 4.66. The van der Waals surface area contributed by atoms with Gasteiger partial charge in [0.15, 0.2) is 17.2 Å². The number of nitrogens with one attached hydrogen (secondary N) is 1. The molecule has 10 nitrogen and oxygen atoms in total. The summed E-state index contributed by atoms with van der Waals surface area (Å²) in [4.78, 5) is 45.2. The molecule has 1 aliphatic carbocycles. The summed E-state index contributed by atoms with van der Waals surface area (Å²) in [5.41, 5.74) is -0.862. The SMILES string of the molecule is COC(=O)c1ncn2c1C(=O)N(c1ccc(OC)c(OC)c1)C(C)(C(=O)NC1CCCC1)C2. The maximum atomic E-state index is 13.8. The molecule has 1 aliphatic heterocycles. The number of anilines is 1. The number of rotatable bonds is 6. The zero-order valence-corrected chi connectivity index (χ0v) is 19.2. The number of aromatic nitrogens is 2. The number of imidazole rings is 1. The van der Waals surface area contributed by atoms with Crippen molar-refractivity contribution in [3.8, 4) is 11.5 Å². The van der Waals surface area contributed by atoms with Gasteiger partial charge >= 0.3 is 5.97 Å². The summed E-state index contributed by atoms with van der Waals surface area (Å²) in [5, 5.41) is 3.12. The number of ether oxygens (including phenoxy) is 3. The predicted octanol–water partition coefficient (Wildman–Crippen LogP) is 2.16. The van der Waals surface area contributed by atoms with Gasteiger partial charge in [-0.15, -0.1) is 0 Å². The molecule has 2 aliphatic rings. The van der Waals surface area contributed by atoms with Crippen LogP contribution in [-0.2, 0) is 16.1 Å². The molecule has 33 heavy (non-hydrogen) atoms. The molecule has 2 amide bonds. The van der Waals surface area contributed by atoms with Gasteiger partial charge in [-0.25, -0.2) is 9.78 Å². The molecule has 0 radical (unpaired) electrons.